The summed E-state index contributed by atoms with van der Waals surface area (Å²) in [6, 6.07) is 3.41. The van der Waals surface area contributed by atoms with Crippen molar-refractivity contribution in [3.63, 3.8) is 0 Å². The molecule has 140 valence electrons. The van der Waals surface area contributed by atoms with Crippen LogP contribution in [0.4, 0.5) is 0 Å². The molecule has 1 aliphatic heterocycles. The van der Waals surface area contributed by atoms with Crippen molar-refractivity contribution in [3.05, 3.63) is 33.8 Å². The molecule has 2 atom stereocenters. The van der Waals surface area contributed by atoms with Gasteiger partial charge in [-0.25, -0.2) is 4.79 Å². The van der Waals surface area contributed by atoms with Crippen LogP contribution >= 0.6 is 46.7 Å². The van der Waals surface area contributed by atoms with Crippen LogP contribution in [0.15, 0.2) is 18.2 Å². The minimum absolute atomic E-state index is 0.210. The van der Waals surface area contributed by atoms with Crippen LogP contribution in [0.2, 0.25) is 10.0 Å². The molecule has 1 heterocycles. The van der Waals surface area contributed by atoms with Gasteiger partial charge in [0.15, 0.2) is 10.9 Å². The summed E-state index contributed by atoms with van der Waals surface area (Å²) in [5.74, 6) is -1.53. The number of carboxylic acids is 1. The molecular weight excluding hydrogens is 421 g/mol. The average Bonchev–Trinajstić information content (AvgIpc) is 3.05. The highest BCUT2D eigenvalue weighted by atomic mass is 35.5. The summed E-state index contributed by atoms with van der Waals surface area (Å²) >= 11 is 13.8. The van der Waals surface area contributed by atoms with E-state index >= 15 is 0 Å². The van der Waals surface area contributed by atoms with E-state index in [2.05, 4.69) is 0 Å². The van der Waals surface area contributed by atoms with E-state index in [1.807, 2.05) is 0 Å². The number of hydrogen-bond donors (Lipinski definition) is 1. The number of thioether (sulfide) groups is 2. The first kappa shape index (κ1) is 21.1. The third-order valence-electron chi connectivity index (χ3n) is 3.65. The molecule has 0 bridgehead atoms. The smallest absolute Gasteiger partial charge is 0.327 e. The normalized spacial score (nSPS) is 17.8. The van der Waals surface area contributed by atoms with Crippen LogP contribution in [0.5, 0.6) is 0 Å². The van der Waals surface area contributed by atoms with E-state index in [-0.39, 0.29) is 39.5 Å². The summed E-state index contributed by atoms with van der Waals surface area (Å²) in [4.78, 5) is 49.3. The maximum Gasteiger partial charge on any atom is 0.327 e. The van der Waals surface area contributed by atoms with Crippen LogP contribution in [0, 0.1) is 0 Å². The van der Waals surface area contributed by atoms with Crippen LogP contribution in [0.3, 0.4) is 0 Å². The van der Waals surface area contributed by atoms with Crippen molar-refractivity contribution in [3.8, 4) is 0 Å². The van der Waals surface area contributed by atoms with E-state index in [0.717, 1.165) is 11.8 Å². The lowest BCUT2D eigenvalue weighted by atomic mass is 10.1. The highest BCUT2D eigenvalue weighted by molar-refractivity contribution is 8.14. The third kappa shape index (κ3) is 5.16. The summed E-state index contributed by atoms with van der Waals surface area (Å²) in [6.45, 7) is 1.29. The molecule has 1 saturated heterocycles. The fourth-order valence-corrected chi connectivity index (χ4v) is 4.71. The minimum Gasteiger partial charge on any atom is -0.480 e. The number of amides is 1. The molecule has 6 nitrogen and oxygen atoms in total. The Morgan fingerprint density at radius 3 is 2.58 bits per heavy atom. The van der Waals surface area contributed by atoms with Gasteiger partial charge < -0.3 is 10.0 Å². The van der Waals surface area contributed by atoms with Gasteiger partial charge >= 0.3 is 5.97 Å². The molecule has 1 unspecified atom stereocenters. The molecule has 0 spiro atoms. The molecule has 26 heavy (non-hydrogen) atoms. The number of benzene rings is 1. The summed E-state index contributed by atoms with van der Waals surface area (Å²) in [7, 11) is 0. The molecule has 0 radical (unpaired) electrons. The van der Waals surface area contributed by atoms with Crippen molar-refractivity contribution in [1.82, 2.24) is 4.90 Å². The lowest BCUT2D eigenvalue weighted by Gasteiger charge is -2.25. The second kappa shape index (κ2) is 9.12. The molecule has 0 aliphatic carbocycles. The van der Waals surface area contributed by atoms with Crippen LogP contribution < -0.4 is 0 Å². The number of halogens is 2. The van der Waals surface area contributed by atoms with Gasteiger partial charge in [0.05, 0.1) is 21.2 Å². The number of rotatable bonds is 6. The number of Topliss-reactive ketones (excluding diaryl/α,β-unsaturated/α-hetero) is 1. The van der Waals surface area contributed by atoms with Crippen molar-refractivity contribution >= 4 is 69.5 Å². The first-order valence-corrected chi connectivity index (χ1v) is 10.3. The molecule has 0 saturated carbocycles. The van der Waals surface area contributed by atoms with E-state index in [9.17, 15) is 24.3 Å². The van der Waals surface area contributed by atoms with E-state index in [0.29, 0.717) is 5.02 Å². The van der Waals surface area contributed by atoms with Crippen molar-refractivity contribution in [2.75, 3.05) is 11.6 Å². The van der Waals surface area contributed by atoms with Crippen LogP contribution in [0.1, 0.15) is 23.7 Å². The minimum atomic E-state index is -1.11. The molecule has 0 aromatic heterocycles. The Morgan fingerprint density at radius 1 is 1.31 bits per heavy atom. The number of nitrogens with zero attached hydrogens (tertiary/aromatic N) is 1. The quantitative estimate of drug-likeness (QED) is 0.685. The Bertz CT molecular complexity index is 758. The Morgan fingerprint density at radius 2 is 2.00 bits per heavy atom. The lowest BCUT2D eigenvalue weighted by molar-refractivity contribution is -0.147. The number of aliphatic carboxylic acids is 1. The molecule has 1 N–H and O–H groups in total. The number of hydrogen-bond acceptors (Lipinski definition) is 6. The summed E-state index contributed by atoms with van der Waals surface area (Å²) in [5.41, 5.74) is 0.270. The van der Waals surface area contributed by atoms with Crippen LogP contribution in [-0.4, -0.2) is 55.7 Å². The first-order valence-electron chi connectivity index (χ1n) is 7.47. The topological polar surface area (TPSA) is 91.8 Å². The van der Waals surface area contributed by atoms with Gasteiger partial charge in [-0.1, -0.05) is 35.0 Å². The molecule has 1 aliphatic rings. The van der Waals surface area contributed by atoms with Crippen LogP contribution in [0.25, 0.3) is 0 Å². The Hall–Kier alpha value is -1.22. The van der Waals surface area contributed by atoms with Gasteiger partial charge in [-0.3, -0.25) is 14.4 Å². The number of carboxylic acid groups (broad SMARTS) is 1. The van der Waals surface area contributed by atoms with Crippen molar-refractivity contribution in [2.24, 2.45) is 0 Å². The first-order chi connectivity index (χ1) is 12.2. The molecule has 1 amide bonds. The third-order valence-corrected chi connectivity index (χ3v) is 6.38. The highest BCUT2D eigenvalue weighted by Gasteiger charge is 2.39. The van der Waals surface area contributed by atoms with Gasteiger partial charge in [0.25, 0.3) is 0 Å². The monoisotopic (exact) mass is 435 g/mol. The van der Waals surface area contributed by atoms with E-state index in [1.165, 1.54) is 41.8 Å². The number of carbonyl (C=O) groups is 4. The Labute approximate surface area is 168 Å². The van der Waals surface area contributed by atoms with Gasteiger partial charge in [-0.05, 0) is 18.2 Å². The largest absolute Gasteiger partial charge is 0.480 e. The second-order valence-electron chi connectivity index (χ2n) is 5.52. The molecule has 10 heteroatoms. The predicted molar refractivity (Wildman–Crippen MR) is 103 cm³/mol. The zero-order valence-electron chi connectivity index (χ0n) is 13.6. The SMILES string of the molecule is CC(=O)SC(CC(=O)c1ccc(Cl)c(Cl)c1)C(=O)N1CSC[C@H]1C(=O)O. The van der Waals surface area contributed by atoms with Crippen molar-refractivity contribution < 1.29 is 24.3 Å². The van der Waals surface area contributed by atoms with E-state index in [4.69, 9.17) is 23.2 Å². The number of carbonyl (C=O) groups excluding carboxylic acids is 3. The molecular formula is C16H15Cl2NO5S2. The fraction of sp³-hybridized carbons (Fsp3) is 0.375. The second-order valence-corrected chi connectivity index (χ2v) is 8.71. The molecule has 1 aromatic rings. The van der Waals surface area contributed by atoms with E-state index in [1.54, 1.807) is 0 Å². The van der Waals surface area contributed by atoms with Gasteiger partial charge in [-0.15, -0.1) is 11.8 Å². The van der Waals surface area contributed by atoms with Crippen LogP contribution in [-0.2, 0) is 14.4 Å². The highest BCUT2D eigenvalue weighted by Crippen LogP contribution is 2.29. The zero-order valence-corrected chi connectivity index (χ0v) is 16.8. The summed E-state index contributed by atoms with van der Waals surface area (Å²) in [6.07, 6.45) is -0.242. The van der Waals surface area contributed by atoms with Gasteiger partial charge in [0.2, 0.25) is 5.91 Å². The standard InChI is InChI=1S/C16H15Cl2NO5S2/c1-8(20)26-14(15(22)19-7-25-6-12(19)16(23)24)5-13(21)9-2-3-10(17)11(18)4-9/h2-4,12,14H,5-7H2,1H3,(H,23,24)/t12-,14?/m0/s1. The van der Waals surface area contributed by atoms with Gasteiger partial charge in [0.1, 0.15) is 6.04 Å². The van der Waals surface area contributed by atoms with Gasteiger partial charge in [0, 0.05) is 24.7 Å². The predicted octanol–water partition coefficient (Wildman–Crippen LogP) is 3.20. The Balaban J connectivity index is 2.19. The average molecular weight is 436 g/mol. The Kier molecular flexibility index (Phi) is 7.40. The summed E-state index contributed by atoms with van der Waals surface area (Å²) in [5, 5.41) is 8.43. The molecule has 2 rings (SSSR count). The zero-order chi connectivity index (χ0) is 19.4. The van der Waals surface area contributed by atoms with Gasteiger partial charge in [-0.2, -0.15) is 0 Å². The maximum absolute atomic E-state index is 12.8. The molecule has 1 aromatic carbocycles. The lowest BCUT2D eigenvalue weighted by Crippen LogP contribution is -2.46. The molecule has 1 fully saturated rings. The summed E-state index contributed by atoms with van der Waals surface area (Å²) < 4.78 is 0. The number of ketones is 1. The van der Waals surface area contributed by atoms with Crippen molar-refractivity contribution in [2.45, 2.75) is 24.6 Å². The van der Waals surface area contributed by atoms with Crippen molar-refractivity contribution in [1.29, 1.82) is 0 Å². The fourth-order valence-electron chi connectivity index (χ4n) is 2.38. The maximum atomic E-state index is 12.8. The van der Waals surface area contributed by atoms with E-state index < -0.39 is 23.2 Å².